The van der Waals surface area contributed by atoms with Crippen LogP contribution < -0.4 is 5.32 Å². The van der Waals surface area contributed by atoms with Crippen LogP contribution in [0.1, 0.15) is 36.0 Å². The van der Waals surface area contributed by atoms with Gasteiger partial charge >= 0.3 is 5.97 Å². The Kier molecular flexibility index (Phi) is 4.63. The number of thiophene rings is 1. The number of ether oxygens (including phenoxy) is 1. The molecule has 2 aromatic rings. The number of carbonyl (C=O) groups excluding carboxylic acids is 2. The molecule has 0 saturated heterocycles. The van der Waals surface area contributed by atoms with Crippen LogP contribution in [0.5, 0.6) is 0 Å². The van der Waals surface area contributed by atoms with Crippen molar-refractivity contribution in [1.82, 2.24) is 5.32 Å². The van der Waals surface area contributed by atoms with Gasteiger partial charge in [-0.2, -0.15) is 0 Å². The zero-order valence-corrected chi connectivity index (χ0v) is 13.4. The second kappa shape index (κ2) is 6.26. The molecule has 1 N–H and O–H groups in total. The molecule has 2 rings (SSSR count). The Morgan fingerprint density at radius 3 is 2.48 bits per heavy atom. The number of benzene rings is 1. The Bertz CT molecular complexity index is 675. The molecule has 1 heterocycles. The van der Waals surface area contributed by atoms with Gasteiger partial charge in [-0.25, -0.2) is 4.79 Å². The zero-order chi connectivity index (χ0) is 15.6. The second-order valence-corrected chi connectivity index (χ2v) is 6.32. The van der Waals surface area contributed by atoms with Crippen molar-refractivity contribution in [3.8, 4) is 0 Å². The molecule has 1 aromatic heterocycles. The normalized spacial score (nSPS) is 12.4. The first kappa shape index (κ1) is 15.5. The maximum atomic E-state index is 12.2. The summed E-state index contributed by atoms with van der Waals surface area (Å²) in [5.41, 5.74) is 0.900. The maximum absolute atomic E-state index is 12.2. The van der Waals surface area contributed by atoms with Crippen LogP contribution in [0.2, 0.25) is 0 Å². The molecule has 4 nitrogen and oxygen atoms in total. The van der Waals surface area contributed by atoms with Crippen molar-refractivity contribution in [1.29, 1.82) is 0 Å². The van der Waals surface area contributed by atoms with E-state index in [0.717, 1.165) is 15.6 Å². The molecular formula is C16H19NO3S. The van der Waals surface area contributed by atoms with E-state index in [2.05, 4.69) is 5.32 Å². The summed E-state index contributed by atoms with van der Waals surface area (Å²) in [6, 6.07) is 7.85. The molecule has 21 heavy (non-hydrogen) atoms. The van der Waals surface area contributed by atoms with E-state index in [0.29, 0.717) is 4.88 Å². The molecule has 5 heteroatoms. The van der Waals surface area contributed by atoms with Crippen LogP contribution >= 0.6 is 11.3 Å². The van der Waals surface area contributed by atoms with Gasteiger partial charge in [0.25, 0.3) is 5.91 Å². The second-order valence-electron chi connectivity index (χ2n) is 5.26. The fraction of sp³-hybridized carbons (Fsp3) is 0.375. The maximum Gasteiger partial charge on any atom is 0.349 e. The molecule has 1 aromatic carbocycles. The van der Waals surface area contributed by atoms with Gasteiger partial charge < -0.3 is 10.1 Å². The molecule has 0 aliphatic rings. The average Bonchev–Trinajstić information content (AvgIpc) is 2.76. The minimum atomic E-state index is -0.801. The first-order chi connectivity index (χ1) is 9.90. The van der Waals surface area contributed by atoms with Crippen LogP contribution in [0, 0.1) is 6.92 Å². The van der Waals surface area contributed by atoms with Crippen molar-refractivity contribution in [2.45, 2.75) is 39.8 Å². The van der Waals surface area contributed by atoms with Crippen LogP contribution in [0.25, 0.3) is 10.1 Å². The number of hydrogen-bond donors (Lipinski definition) is 1. The van der Waals surface area contributed by atoms with Crippen LogP contribution in [0.3, 0.4) is 0 Å². The summed E-state index contributed by atoms with van der Waals surface area (Å²) in [7, 11) is 0. The van der Waals surface area contributed by atoms with E-state index in [1.54, 1.807) is 6.92 Å². The van der Waals surface area contributed by atoms with E-state index >= 15 is 0 Å². The molecule has 0 fully saturated rings. The lowest BCUT2D eigenvalue weighted by Gasteiger charge is -2.15. The van der Waals surface area contributed by atoms with Gasteiger partial charge in [0.05, 0.1) is 0 Å². The lowest BCUT2D eigenvalue weighted by atomic mass is 10.1. The molecule has 0 saturated carbocycles. The highest BCUT2D eigenvalue weighted by atomic mass is 32.1. The van der Waals surface area contributed by atoms with Crippen molar-refractivity contribution in [3.05, 3.63) is 34.7 Å². The monoisotopic (exact) mass is 305 g/mol. The highest BCUT2D eigenvalue weighted by Crippen LogP contribution is 2.31. The van der Waals surface area contributed by atoms with Gasteiger partial charge in [0.2, 0.25) is 0 Å². The smallest absolute Gasteiger partial charge is 0.349 e. The molecule has 1 atom stereocenters. The topological polar surface area (TPSA) is 55.4 Å². The van der Waals surface area contributed by atoms with Crippen molar-refractivity contribution in [3.63, 3.8) is 0 Å². The molecule has 0 spiro atoms. The van der Waals surface area contributed by atoms with Crippen LogP contribution in [-0.4, -0.2) is 24.0 Å². The number of rotatable bonds is 4. The molecule has 0 unspecified atom stereocenters. The van der Waals surface area contributed by atoms with Crippen LogP contribution in [0.4, 0.5) is 0 Å². The highest BCUT2D eigenvalue weighted by molar-refractivity contribution is 7.21. The Morgan fingerprint density at radius 2 is 1.86 bits per heavy atom. The van der Waals surface area contributed by atoms with E-state index in [-0.39, 0.29) is 11.9 Å². The average molecular weight is 305 g/mol. The van der Waals surface area contributed by atoms with E-state index in [1.807, 2.05) is 45.0 Å². The number of carbonyl (C=O) groups is 2. The van der Waals surface area contributed by atoms with E-state index in [1.165, 1.54) is 11.3 Å². The molecule has 0 aliphatic heterocycles. The summed E-state index contributed by atoms with van der Waals surface area (Å²) < 4.78 is 6.31. The van der Waals surface area contributed by atoms with Gasteiger partial charge in [-0.3, -0.25) is 4.79 Å². The molecule has 0 radical (unpaired) electrons. The lowest BCUT2D eigenvalue weighted by molar-refractivity contribution is -0.129. The van der Waals surface area contributed by atoms with Gasteiger partial charge in [-0.05, 0) is 44.7 Å². The minimum Gasteiger partial charge on any atom is -0.448 e. The third-order valence-corrected chi connectivity index (χ3v) is 4.37. The minimum absolute atomic E-state index is 0.0183. The van der Waals surface area contributed by atoms with Gasteiger partial charge in [0.1, 0.15) is 4.88 Å². The van der Waals surface area contributed by atoms with Crippen molar-refractivity contribution >= 4 is 33.3 Å². The van der Waals surface area contributed by atoms with E-state index in [9.17, 15) is 9.59 Å². The standard InChI is InChI=1S/C16H19NO3S/c1-9(2)17-15(18)11(4)20-16(19)14-10(3)12-7-5-6-8-13(12)21-14/h5-9,11H,1-4H3,(H,17,18)/t11-/m0/s1. The number of hydrogen-bond acceptors (Lipinski definition) is 4. The van der Waals surface area contributed by atoms with Crippen LogP contribution in [-0.2, 0) is 9.53 Å². The first-order valence-electron chi connectivity index (χ1n) is 6.89. The molecule has 0 bridgehead atoms. The van der Waals surface area contributed by atoms with Crippen molar-refractivity contribution in [2.24, 2.45) is 0 Å². The quantitative estimate of drug-likeness (QED) is 0.882. The summed E-state index contributed by atoms with van der Waals surface area (Å²) >= 11 is 1.39. The number of amides is 1. The summed E-state index contributed by atoms with van der Waals surface area (Å²) in [5.74, 6) is -0.725. The largest absolute Gasteiger partial charge is 0.448 e. The Hall–Kier alpha value is -1.88. The predicted molar refractivity (Wildman–Crippen MR) is 84.7 cm³/mol. The zero-order valence-electron chi connectivity index (χ0n) is 12.6. The van der Waals surface area contributed by atoms with Crippen LogP contribution in [0.15, 0.2) is 24.3 Å². The van der Waals surface area contributed by atoms with Gasteiger partial charge in [0.15, 0.2) is 6.10 Å². The van der Waals surface area contributed by atoms with Gasteiger partial charge in [-0.1, -0.05) is 18.2 Å². The molecule has 0 aliphatic carbocycles. The fourth-order valence-corrected chi connectivity index (χ4v) is 3.13. The van der Waals surface area contributed by atoms with Gasteiger partial charge in [0, 0.05) is 10.7 Å². The SMILES string of the molecule is Cc1c(C(=O)O[C@@H](C)C(=O)NC(C)C)sc2ccccc12. The number of fused-ring (bicyclic) bond motifs is 1. The Morgan fingerprint density at radius 1 is 1.19 bits per heavy atom. The highest BCUT2D eigenvalue weighted by Gasteiger charge is 2.22. The number of esters is 1. The number of aryl methyl sites for hydroxylation is 1. The van der Waals surface area contributed by atoms with E-state index < -0.39 is 12.1 Å². The van der Waals surface area contributed by atoms with Crippen molar-refractivity contribution in [2.75, 3.05) is 0 Å². The lowest BCUT2D eigenvalue weighted by Crippen LogP contribution is -2.39. The summed E-state index contributed by atoms with van der Waals surface area (Å²) in [6.07, 6.45) is -0.801. The van der Waals surface area contributed by atoms with Crippen molar-refractivity contribution < 1.29 is 14.3 Å². The number of nitrogens with one attached hydrogen (secondary N) is 1. The summed E-state index contributed by atoms with van der Waals surface area (Å²) in [4.78, 5) is 24.6. The third kappa shape index (κ3) is 3.42. The first-order valence-corrected chi connectivity index (χ1v) is 7.71. The van der Waals surface area contributed by atoms with Gasteiger partial charge in [-0.15, -0.1) is 11.3 Å². The summed E-state index contributed by atoms with van der Waals surface area (Å²) in [6.45, 7) is 7.21. The Balaban J connectivity index is 2.15. The third-order valence-electron chi connectivity index (χ3n) is 3.11. The Labute approximate surface area is 128 Å². The molecular weight excluding hydrogens is 286 g/mol. The summed E-state index contributed by atoms with van der Waals surface area (Å²) in [5, 5.41) is 3.78. The predicted octanol–water partition coefficient (Wildman–Crippen LogP) is 3.28. The fourth-order valence-electron chi connectivity index (χ4n) is 2.04. The molecule has 112 valence electrons. The molecule has 1 amide bonds. The van der Waals surface area contributed by atoms with E-state index in [4.69, 9.17) is 4.74 Å².